The molecule has 0 heterocycles. The van der Waals surface area contributed by atoms with E-state index in [4.69, 9.17) is 0 Å². The molecule has 0 spiro atoms. The van der Waals surface area contributed by atoms with Crippen LogP contribution in [0.25, 0.3) is 27.1 Å². The Bertz CT molecular complexity index is 1950. The van der Waals surface area contributed by atoms with Crippen LogP contribution in [0.1, 0.15) is 71.9 Å². The van der Waals surface area contributed by atoms with Gasteiger partial charge in [-0.1, -0.05) is 162 Å². The zero-order chi connectivity index (χ0) is 36.7. The molecule has 4 aromatic carbocycles. The van der Waals surface area contributed by atoms with E-state index in [1.54, 1.807) is 18.4 Å². The lowest BCUT2D eigenvalue weighted by Crippen LogP contribution is -2.23. The zero-order valence-electron chi connectivity index (χ0n) is 30.1. The van der Waals surface area contributed by atoms with Crippen molar-refractivity contribution in [1.82, 2.24) is 4.90 Å². The van der Waals surface area contributed by atoms with E-state index in [1.807, 2.05) is 113 Å². The Morgan fingerprint density at radius 1 is 0.820 bits per heavy atom. The van der Waals surface area contributed by atoms with Gasteiger partial charge in [0, 0.05) is 17.3 Å². The molecule has 0 saturated heterocycles. The summed E-state index contributed by atoms with van der Waals surface area (Å²) < 4.78 is 0. The number of amides is 2. The van der Waals surface area contributed by atoms with Gasteiger partial charge in [-0.2, -0.15) is 0 Å². The van der Waals surface area contributed by atoms with Gasteiger partial charge in [-0.3, -0.25) is 10.2 Å². The quantitative estimate of drug-likeness (QED) is 0.0975. The minimum atomic E-state index is -1.11. The molecule has 0 aromatic heterocycles. The highest BCUT2D eigenvalue weighted by atomic mass is 16.4. The number of hydrogen-bond donors (Lipinski definition) is 3. The van der Waals surface area contributed by atoms with Crippen LogP contribution >= 0.6 is 0 Å². The van der Waals surface area contributed by atoms with Crippen LogP contribution in [0, 0.1) is 0 Å². The number of nitrogens with zero attached hydrogens (tertiary/aromatic N) is 1. The predicted molar refractivity (Wildman–Crippen MR) is 212 cm³/mol. The molecule has 0 unspecified atom stereocenters. The Kier molecular flexibility index (Phi) is 14.6. The third-order valence-corrected chi connectivity index (χ3v) is 8.08. The fraction of sp³-hybridized carbons (Fsp3) is 0.227. The summed E-state index contributed by atoms with van der Waals surface area (Å²) in [6.45, 7) is 16.0. The smallest absolute Gasteiger partial charge is 0.415 e. The van der Waals surface area contributed by atoms with Crippen molar-refractivity contribution < 1.29 is 19.8 Å². The highest BCUT2D eigenvalue weighted by Gasteiger charge is 2.28. The first-order chi connectivity index (χ1) is 24.0. The number of carboxylic acid groups (broad SMARTS) is 2. The number of benzene rings is 4. The summed E-state index contributed by atoms with van der Waals surface area (Å²) in [6.07, 6.45) is 14.6. The topological polar surface area (TPSA) is 89.9 Å². The van der Waals surface area contributed by atoms with Gasteiger partial charge in [-0.15, -0.1) is 0 Å². The Labute approximate surface area is 297 Å². The first-order valence-corrected chi connectivity index (χ1v) is 17.1. The largest absolute Gasteiger partial charge is 0.465 e. The summed E-state index contributed by atoms with van der Waals surface area (Å²) in [5.41, 5.74) is 4.50. The van der Waals surface area contributed by atoms with Gasteiger partial charge in [0.1, 0.15) is 0 Å². The fourth-order valence-electron chi connectivity index (χ4n) is 5.91. The lowest BCUT2D eigenvalue weighted by molar-refractivity contribution is 0.171. The summed E-state index contributed by atoms with van der Waals surface area (Å²) in [7, 11) is 0. The minimum absolute atomic E-state index is 0.467. The summed E-state index contributed by atoms with van der Waals surface area (Å²) in [5, 5.41) is 26.6. The number of carbonyl (C=O) groups is 2. The van der Waals surface area contributed by atoms with Crippen molar-refractivity contribution in [2.45, 2.75) is 66.2 Å². The maximum Gasteiger partial charge on any atom is 0.415 e. The maximum atomic E-state index is 12.3. The van der Waals surface area contributed by atoms with E-state index in [0.29, 0.717) is 24.2 Å². The normalized spacial score (nSPS) is 12.4. The molecule has 4 aromatic rings. The number of fused-ring (bicyclic) bond motifs is 3. The summed E-state index contributed by atoms with van der Waals surface area (Å²) >= 11 is 0. The number of allylic oxidation sites excluding steroid dienone is 10. The van der Waals surface area contributed by atoms with Crippen LogP contribution < -0.4 is 5.32 Å². The third kappa shape index (κ3) is 10.2. The average molecular weight is 671 g/mol. The van der Waals surface area contributed by atoms with Crippen molar-refractivity contribution in [3.8, 4) is 0 Å². The Balaban J connectivity index is 0.00000332. The fourth-order valence-corrected chi connectivity index (χ4v) is 5.91. The molecule has 0 radical (unpaired) electrons. The van der Waals surface area contributed by atoms with Crippen molar-refractivity contribution in [2.24, 2.45) is 0 Å². The molecule has 6 heteroatoms. The Morgan fingerprint density at radius 2 is 1.40 bits per heavy atom. The summed E-state index contributed by atoms with van der Waals surface area (Å²) in [5.74, 6) is 0. The zero-order valence-corrected chi connectivity index (χ0v) is 30.1. The number of anilines is 1. The molecule has 0 atom stereocenters. The van der Waals surface area contributed by atoms with E-state index in [2.05, 4.69) is 50.0 Å². The van der Waals surface area contributed by atoms with Gasteiger partial charge in [0.05, 0.1) is 5.69 Å². The van der Waals surface area contributed by atoms with E-state index in [1.165, 1.54) is 4.90 Å². The SMILES string of the molecule is C=C(C)/C=C\C=C/N(C(=O)O)\C(=C/C=C(/C=C/CC(C)(C)c1c(NC(=O)O)c2ccccc2c2ccccc12)c1ccccc1)CCC.CC. The summed E-state index contributed by atoms with van der Waals surface area (Å²) in [4.78, 5) is 25.6. The highest BCUT2D eigenvalue weighted by Crippen LogP contribution is 2.44. The van der Waals surface area contributed by atoms with Gasteiger partial charge < -0.3 is 10.2 Å². The Morgan fingerprint density at radius 3 is 1.98 bits per heavy atom. The van der Waals surface area contributed by atoms with Crippen LogP contribution in [0.2, 0.25) is 0 Å². The molecule has 0 aliphatic heterocycles. The molecular weight excluding hydrogens is 620 g/mol. The van der Waals surface area contributed by atoms with Crippen LogP contribution in [0.3, 0.4) is 0 Å². The van der Waals surface area contributed by atoms with Gasteiger partial charge in [0.15, 0.2) is 0 Å². The van der Waals surface area contributed by atoms with Gasteiger partial charge >= 0.3 is 12.2 Å². The molecule has 260 valence electrons. The lowest BCUT2D eigenvalue weighted by atomic mass is 9.76. The van der Waals surface area contributed by atoms with E-state index in [0.717, 1.165) is 50.2 Å². The molecule has 0 bridgehead atoms. The highest BCUT2D eigenvalue weighted by molar-refractivity contribution is 6.17. The number of rotatable bonds is 13. The van der Waals surface area contributed by atoms with E-state index in [9.17, 15) is 19.8 Å². The second-order valence-electron chi connectivity index (χ2n) is 12.4. The molecule has 4 rings (SSSR count). The third-order valence-electron chi connectivity index (χ3n) is 8.08. The van der Waals surface area contributed by atoms with Crippen molar-refractivity contribution >= 4 is 45.0 Å². The van der Waals surface area contributed by atoms with E-state index < -0.39 is 17.6 Å². The molecular formula is C44H50N2O4. The average Bonchev–Trinajstić information content (AvgIpc) is 3.10. The van der Waals surface area contributed by atoms with Gasteiger partial charge in [-0.05, 0) is 70.2 Å². The van der Waals surface area contributed by atoms with Gasteiger partial charge in [0.25, 0.3) is 0 Å². The molecule has 0 aliphatic rings. The molecule has 50 heavy (non-hydrogen) atoms. The molecule has 0 fully saturated rings. The first-order valence-electron chi connectivity index (χ1n) is 17.1. The van der Waals surface area contributed by atoms with Crippen LogP contribution in [0.4, 0.5) is 15.3 Å². The molecule has 6 nitrogen and oxygen atoms in total. The molecule has 0 saturated carbocycles. The van der Waals surface area contributed by atoms with Gasteiger partial charge in [-0.25, -0.2) is 9.59 Å². The lowest BCUT2D eigenvalue weighted by Gasteiger charge is -2.30. The number of nitrogens with one attached hydrogen (secondary N) is 1. The Hall–Kier alpha value is -5.62. The van der Waals surface area contributed by atoms with Crippen LogP contribution in [-0.4, -0.2) is 27.3 Å². The number of hydrogen-bond acceptors (Lipinski definition) is 2. The van der Waals surface area contributed by atoms with E-state index in [-0.39, 0.29) is 0 Å². The molecule has 2 amide bonds. The van der Waals surface area contributed by atoms with Gasteiger partial charge in [0.2, 0.25) is 0 Å². The van der Waals surface area contributed by atoms with Crippen LogP contribution in [0.5, 0.6) is 0 Å². The maximum absolute atomic E-state index is 12.3. The van der Waals surface area contributed by atoms with E-state index >= 15 is 0 Å². The first kappa shape index (κ1) is 38.8. The predicted octanol–water partition coefficient (Wildman–Crippen LogP) is 12.7. The van der Waals surface area contributed by atoms with Crippen LogP contribution in [0.15, 0.2) is 145 Å². The molecule has 0 aliphatic carbocycles. The second-order valence-corrected chi connectivity index (χ2v) is 12.4. The van der Waals surface area contributed by atoms with Crippen LogP contribution in [-0.2, 0) is 5.41 Å². The minimum Gasteiger partial charge on any atom is -0.465 e. The van der Waals surface area contributed by atoms with Crippen molar-refractivity contribution in [3.63, 3.8) is 0 Å². The summed E-state index contributed by atoms with van der Waals surface area (Å²) in [6, 6.07) is 26.0. The molecule has 3 N–H and O–H groups in total. The van der Waals surface area contributed by atoms with Crippen molar-refractivity contribution in [3.05, 3.63) is 157 Å². The second kappa shape index (κ2) is 18.8. The standard InChI is InChI=1S/C42H44N2O4.C2H6/c1-6-17-33(44(41(47)48)29-15-14-18-30(2)3)27-26-32(31-19-8-7-9-20-31)21-16-28-42(4,5)38-36-24-12-10-22-34(36)35-23-11-13-25-37(35)39(38)43-40(45)46;1-2/h7-16,18-27,29,43H,2,6,17,28H2,1,3-5H3,(H,45,46)(H,47,48);1-2H3/b18-14-,21-16+,29-15-,32-26-,33-27-;. The van der Waals surface area contributed by atoms with Crippen molar-refractivity contribution in [2.75, 3.05) is 5.32 Å². The van der Waals surface area contributed by atoms with Crippen molar-refractivity contribution in [1.29, 1.82) is 0 Å². The monoisotopic (exact) mass is 670 g/mol.